The molecule has 0 aromatic rings. The van der Waals surface area contributed by atoms with Crippen molar-refractivity contribution >= 4 is 0 Å². The first-order valence-electron chi connectivity index (χ1n) is 6.35. The van der Waals surface area contributed by atoms with Crippen LogP contribution in [-0.2, 0) is 23.7 Å². The van der Waals surface area contributed by atoms with Crippen molar-refractivity contribution in [1.29, 1.82) is 0 Å². The van der Waals surface area contributed by atoms with Gasteiger partial charge in [-0.3, -0.25) is 0 Å². The van der Waals surface area contributed by atoms with Crippen LogP contribution in [-0.4, -0.2) is 59.1 Å². The van der Waals surface area contributed by atoms with Crippen LogP contribution in [0.1, 0.15) is 12.8 Å². The summed E-state index contributed by atoms with van der Waals surface area (Å²) >= 11 is 0. The Balaban J connectivity index is 2.02. The zero-order valence-electron chi connectivity index (χ0n) is 11.1. The molecule has 5 heteroatoms. The predicted octanol–water partition coefficient (Wildman–Crippen LogP) is 1.37. The monoisotopic (exact) mass is 260 g/mol. The molecular formula is C13H24O5. The van der Waals surface area contributed by atoms with E-state index in [1.54, 1.807) is 7.11 Å². The SMILES string of the molecule is C=CCCCOCC(COCC1CO1)OCOC. The summed E-state index contributed by atoms with van der Waals surface area (Å²) in [6, 6.07) is 0. The lowest BCUT2D eigenvalue weighted by Crippen LogP contribution is -2.27. The van der Waals surface area contributed by atoms with Gasteiger partial charge in [-0.15, -0.1) is 6.58 Å². The molecule has 1 heterocycles. The number of unbranched alkanes of at least 4 members (excludes halogenated alkanes) is 1. The lowest BCUT2D eigenvalue weighted by Gasteiger charge is -2.17. The first-order chi connectivity index (χ1) is 8.86. The second kappa shape index (κ2) is 10.5. The van der Waals surface area contributed by atoms with Crippen LogP contribution < -0.4 is 0 Å². The standard InChI is InChI=1S/C13H24O5/c1-3-4-5-6-15-7-12(18-11-14-2)8-16-9-13-10-17-13/h3,12-13H,1,4-11H2,2H3. The first kappa shape index (κ1) is 15.6. The Morgan fingerprint density at radius 3 is 2.83 bits per heavy atom. The zero-order chi connectivity index (χ0) is 13.1. The van der Waals surface area contributed by atoms with Gasteiger partial charge in [-0.1, -0.05) is 6.08 Å². The molecule has 2 unspecified atom stereocenters. The molecule has 0 aromatic carbocycles. The van der Waals surface area contributed by atoms with Gasteiger partial charge in [-0.05, 0) is 12.8 Å². The zero-order valence-corrected chi connectivity index (χ0v) is 11.1. The maximum Gasteiger partial charge on any atom is 0.146 e. The minimum Gasteiger partial charge on any atom is -0.379 e. The summed E-state index contributed by atoms with van der Waals surface area (Å²) in [5.41, 5.74) is 0. The predicted molar refractivity (Wildman–Crippen MR) is 67.6 cm³/mol. The molecule has 1 fully saturated rings. The summed E-state index contributed by atoms with van der Waals surface area (Å²) in [6.45, 7) is 7.10. The van der Waals surface area contributed by atoms with Gasteiger partial charge in [0.05, 0.1) is 26.4 Å². The van der Waals surface area contributed by atoms with Gasteiger partial charge in [0.1, 0.15) is 19.0 Å². The van der Waals surface area contributed by atoms with Crippen LogP contribution in [0.4, 0.5) is 0 Å². The van der Waals surface area contributed by atoms with Crippen LogP contribution in [0.5, 0.6) is 0 Å². The summed E-state index contributed by atoms with van der Waals surface area (Å²) in [6.07, 6.45) is 4.03. The van der Waals surface area contributed by atoms with Gasteiger partial charge in [-0.25, -0.2) is 0 Å². The van der Waals surface area contributed by atoms with Crippen LogP contribution in [0, 0.1) is 0 Å². The smallest absolute Gasteiger partial charge is 0.146 e. The topological polar surface area (TPSA) is 49.5 Å². The minimum atomic E-state index is -0.0903. The molecule has 0 N–H and O–H groups in total. The van der Waals surface area contributed by atoms with E-state index in [2.05, 4.69) is 6.58 Å². The summed E-state index contributed by atoms with van der Waals surface area (Å²) in [4.78, 5) is 0. The molecule has 18 heavy (non-hydrogen) atoms. The van der Waals surface area contributed by atoms with Crippen molar-refractivity contribution in [1.82, 2.24) is 0 Å². The van der Waals surface area contributed by atoms with Crippen LogP contribution in [0.15, 0.2) is 12.7 Å². The number of hydrogen-bond donors (Lipinski definition) is 0. The van der Waals surface area contributed by atoms with E-state index >= 15 is 0 Å². The third-order valence-electron chi connectivity index (χ3n) is 2.43. The molecule has 106 valence electrons. The Labute approximate surface area is 109 Å². The summed E-state index contributed by atoms with van der Waals surface area (Å²) < 4.78 is 26.4. The van der Waals surface area contributed by atoms with E-state index < -0.39 is 0 Å². The molecule has 0 bridgehead atoms. The Morgan fingerprint density at radius 1 is 1.39 bits per heavy atom. The molecule has 1 saturated heterocycles. The average molecular weight is 260 g/mol. The fourth-order valence-electron chi connectivity index (χ4n) is 1.35. The average Bonchev–Trinajstić information content (AvgIpc) is 3.19. The third-order valence-corrected chi connectivity index (χ3v) is 2.43. The van der Waals surface area contributed by atoms with Gasteiger partial charge in [0, 0.05) is 13.7 Å². The van der Waals surface area contributed by atoms with Crippen molar-refractivity contribution in [2.45, 2.75) is 25.0 Å². The highest BCUT2D eigenvalue weighted by Crippen LogP contribution is 2.09. The van der Waals surface area contributed by atoms with Crippen molar-refractivity contribution < 1.29 is 23.7 Å². The van der Waals surface area contributed by atoms with Gasteiger partial charge >= 0.3 is 0 Å². The van der Waals surface area contributed by atoms with Gasteiger partial charge in [0.2, 0.25) is 0 Å². The molecule has 0 aromatic heterocycles. The number of methoxy groups -OCH3 is 1. The van der Waals surface area contributed by atoms with Gasteiger partial charge < -0.3 is 23.7 Å². The summed E-state index contributed by atoms with van der Waals surface area (Å²) in [7, 11) is 1.60. The molecule has 0 radical (unpaired) electrons. The number of hydrogen-bond acceptors (Lipinski definition) is 5. The van der Waals surface area contributed by atoms with Gasteiger partial charge in [0.15, 0.2) is 0 Å². The van der Waals surface area contributed by atoms with Crippen molar-refractivity contribution in [3.8, 4) is 0 Å². The molecule has 0 spiro atoms. The van der Waals surface area contributed by atoms with E-state index in [1.807, 2.05) is 6.08 Å². The van der Waals surface area contributed by atoms with Crippen molar-refractivity contribution in [2.24, 2.45) is 0 Å². The molecule has 1 aliphatic heterocycles. The van der Waals surface area contributed by atoms with E-state index in [1.165, 1.54) is 0 Å². The molecule has 1 aliphatic rings. The molecule has 0 amide bonds. The Morgan fingerprint density at radius 2 is 2.17 bits per heavy atom. The van der Waals surface area contributed by atoms with E-state index in [-0.39, 0.29) is 19.0 Å². The molecule has 1 rings (SSSR count). The fourth-order valence-corrected chi connectivity index (χ4v) is 1.35. The van der Waals surface area contributed by atoms with Crippen LogP contribution in [0.3, 0.4) is 0 Å². The highest BCUT2D eigenvalue weighted by molar-refractivity contribution is 4.68. The number of ether oxygens (including phenoxy) is 5. The summed E-state index contributed by atoms with van der Waals surface area (Å²) in [5.74, 6) is 0. The van der Waals surface area contributed by atoms with E-state index in [9.17, 15) is 0 Å². The second-order valence-electron chi connectivity index (χ2n) is 4.19. The van der Waals surface area contributed by atoms with Crippen molar-refractivity contribution in [2.75, 3.05) is 46.9 Å². The van der Waals surface area contributed by atoms with E-state index in [0.29, 0.717) is 26.4 Å². The number of epoxide rings is 1. The molecule has 5 nitrogen and oxygen atoms in total. The van der Waals surface area contributed by atoms with Gasteiger partial charge in [-0.2, -0.15) is 0 Å². The van der Waals surface area contributed by atoms with Crippen molar-refractivity contribution in [3.05, 3.63) is 12.7 Å². The normalized spacial score (nSPS) is 19.7. The van der Waals surface area contributed by atoms with Crippen LogP contribution in [0.2, 0.25) is 0 Å². The molecular weight excluding hydrogens is 236 g/mol. The quantitative estimate of drug-likeness (QED) is 0.217. The number of allylic oxidation sites excluding steroid dienone is 1. The third kappa shape index (κ3) is 8.60. The van der Waals surface area contributed by atoms with Gasteiger partial charge in [0.25, 0.3) is 0 Å². The highest BCUT2D eigenvalue weighted by Gasteiger charge is 2.23. The lowest BCUT2D eigenvalue weighted by molar-refractivity contribution is -0.121. The Hall–Kier alpha value is -0.460. The lowest BCUT2D eigenvalue weighted by atomic mass is 10.3. The molecule has 0 saturated carbocycles. The maximum atomic E-state index is 5.53. The first-order valence-corrected chi connectivity index (χ1v) is 6.35. The van der Waals surface area contributed by atoms with Crippen LogP contribution in [0.25, 0.3) is 0 Å². The second-order valence-corrected chi connectivity index (χ2v) is 4.19. The van der Waals surface area contributed by atoms with Crippen molar-refractivity contribution in [3.63, 3.8) is 0 Å². The largest absolute Gasteiger partial charge is 0.379 e. The van der Waals surface area contributed by atoms with E-state index in [0.717, 1.165) is 19.4 Å². The van der Waals surface area contributed by atoms with Crippen LogP contribution >= 0.6 is 0 Å². The van der Waals surface area contributed by atoms with E-state index in [4.69, 9.17) is 23.7 Å². The Kier molecular flexibility index (Phi) is 9.06. The number of rotatable bonds is 13. The molecule has 2 atom stereocenters. The minimum absolute atomic E-state index is 0.0903. The highest BCUT2D eigenvalue weighted by atomic mass is 16.7. The summed E-state index contributed by atoms with van der Waals surface area (Å²) in [5, 5.41) is 0. The fraction of sp³-hybridized carbons (Fsp3) is 0.846. The molecule has 0 aliphatic carbocycles. The maximum absolute atomic E-state index is 5.53. The Bertz CT molecular complexity index is 206.